The molecular weight excluding hydrogens is 513 g/mol. The van der Waals surface area contributed by atoms with Crippen molar-refractivity contribution >= 4 is 53.1 Å². The van der Waals surface area contributed by atoms with E-state index in [0.29, 0.717) is 0 Å². The smallest absolute Gasteiger partial charge is 0.0361 e. The lowest BCUT2D eigenvalue weighted by Crippen LogP contribution is -2.10. The highest BCUT2D eigenvalue weighted by atomic mass is 32.1. The number of hydrogen-bond donors (Lipinski definition) is 0. The first-order valence-corrected chi connectivity index (χ1v) is 15.4. The van der Waals surface area contributed by atoms with E-state index >= 15 is 0 Å². The maximum atomic E-state index is 2.37. The van der Waals surface area contributed by atoms with Gasteiger partial charge in [-0.3, -0.25) is 0 Å². The third-order valence-electron chi connectivity index (χ3n) is 8.55. The monoisotopic (exact) mass is 548 g/mol. The molecule has 0 amide bonds. The molecule has 1 aromatic heterocycles. The first-order chi connectivity index (χ1) is 19.5. The van der Waals surface area contributed by atoms with Crippen molar-refractivity contribution in [2.75, 3.05) is 0 Å². The Morgan fingerprint density at radius 2 is 0.707 bits per heavy atom. The molecule has 0 N–H and O–H groups in total. The van der Waals surface area contributed by atoms with Gasteiger partial charge in [0.2, 0.25) is 0 Å². The lowest BCUT2D eigenvalue weighted by atomic mass is 9.85. The van der Waals surface area contributed by atoms with Gasteiger partial charge in [0, 0.05) is 20.2 Å². The third kappa shape index (κ3) is 4.73. The molecule has 1 heteroatoms. The van der Waals surface area contributed by atoms with Gasteiger partial charge in [-0.05, 0) is 90.0 Å². The second-order valence-corrected chi connectivity index (χ2v) is 14.7. The van der Waals surface area contributed by atoms with Gasteiger partial charge in [-0.15, -0.1) is 11.3 Å². The van der Waals surface area contributed by atoms with Gasteiger partial charge in [0.25, 0.3) is 0 Å². The number of hydrogen-bond acceptors (Lipinski definition) is 1. The van der Waals surface area contributed by atoms with E-state index in [9.17, 15) is 0 Å². The van der Waals surface area contributed by atoms with Crippen molar-refractivity contribution in [1.29, 1.82) is 0 Å². The van der Waals surface area contributed by atoms with E-state index < -0.39 is 0 Å². The van der Waals surface area contributed by atoms with Crippen LogP contribution >= 0.6 is 11.3 Å². The summed E-state index contributed by atoms with van der Waals surface area (Å²) in [6, 6.07) is 41.4. The number of thiophene rings is 1. The summed E-state index contributed by atoms with van der Waals surface area (Å²) in [6.45, 7) is 13.6. The van der Waals surface area contributed by atoms with Crippen molar-refractivity contribution in [3.63, 3.8) is 0 Å². The molecule has 0 aliphatic rings. The molecule has 0 unspecified atom stereocenters. The molecule has 0 aliphatic carbocycles. The normalized spacial score (nSPS) is 12.6. The van der Waals surface area contributed by atoms with E-state index in [1.807, 2.05) is 11.3 Å². The molecule has 0 saturated heterocycles. The molecule has 1 heterocycles. The molecule has 0 radical (unpaired) electrons. The molecule has 7 rings (SSSR count). The summed E-state index contributed by atoms with van der Waals surface area (Å²) in [5.74, 6) is 0. The minimum absolute atomic E-state index is 0.156. The molecule has 0 nitrogen and oxygen atoms in total. The van der Waals surface area contributed by atoms with E-state index in [1.54, 1.807) is 0 Å². The molecule has 0 atom stereocenters. The highest BCUT2D eigenvalue weighted by Crippen LogP contribution is 2.39. The second kappa shape index (κ2) is 9.29. The zero-order chi connectivity index (χ0) is 28.5. The molecular formula is C40H36S. The van der Waals surface area contributed by atoms with E-state index in [-0.39, 0.29) is 10.8 Å². The first kappa shape index (κ1) is 26.0. The van der Waals surface area contributed by atoms with Crippen LogP contribution in [0.15, 0.2) is 109 Å². The van der Waals surface area contributed by atoms with Crippen LogP contribution in [0.1, 0.15) is 52.7 Å². The summed E-state index contributed by atoms with van der Waals surface area (Å²) in [5, 5.41) is 7.87. The zero-order valence-electron chi connectivity index (χ0n) is 24.8. The predicted octanol–water partition coefficient (Wildman–Crippen LogP) is 12.3. The molecule has 0 fully saturated rings. The lowest BCUT2D eigenvalue weighted by molar-refractivity contribution is 0.591. The van der Waals surface area contributed by atoms with Crippen LogP contribution in [0.25, 0.3) is 64.0 Å². The third-order valence-corrected chi connectivity index (χ3v) is 9.67. The van der Waals surface area contributed by atoms with Crippen molar-refractivity contribution in [2.45, 2.75) is 52.4 Å². The Balaban J connectivity index is 1.24. The lowest BCUT2D eigenvalue weighted by Gasteiger charge is -2.19. The number of benzene rings is 6. The Labute approximate surface area is 247 Å². The Morgan fingerprint density at radius 3 is 1.12 bits per heavy atom. The van der Waals surface area contributed by atoms with Crippen LogP contribution in [0.2, 0.25) is 0 Å². The molecule has 6 aromatic carbocycles. The van der Waals surface area contributed by atoms with Crippen LogP contribution in [0.3, 0.4) is 0 Å². The maximum absolute atomic E-state index is 2.37. The van der Waals surface area contributed by atoms with Crippen molar-refractivity contribution in [1.82, 2.24) is 0 Å². The standard InChI is InChI=1S/C40H36S/c1-39(2,3)33-15-11-27-19-25(7-9-29(27)21-33)31-13-17-35-36-18-14-32(24-38(36)41-37(35)23-31)26-8-10-30-22-34(40(4,5)6)16-12-28(30)20-26/h7-24H,1-6H3. The zero-order valence-corrected chi connectivity index (χ0v) is 25.6. The van der Waals surface area contributed by atoms with E-state index in [2.05, 4.69) is 151 Å². The van der Waals surface area contributed by atoms with E-state index in [1.165, 1.54) is 75.1 Å². The van der Waals surface area contributed by atoms with Gasteiger partial charge in [-0.25, -0.2) is 0 Å². The van der Waals surface area contributed by atoms with E-state index in [0.717, 1.165) is 0 Å². The van der Waals surface area contributed by atoms with E-state index in [4.69, 9.17) is 0 Å². The molecule has 7 aromatic rings. The van der Waals surface area contributed by atoms with Gasteiger partial charge in [-0.2, -0.15) is 0 Å². The van der Waals surface area contributed by atoms with Crippen molar-refractivity contribution in [3.8, 4) is 22.3 Å². The maximum Gasteiger partial charge on any atom is 0.0361 e. The topological polar surface area (TPSA) is 0 Å². The summed E-state index contributed by atoms with van der Waals surface area (Å²) < 4.78 is 2.68. The number of rotatable bonds is 2. The van der Waals surface area contributed by atoms with Crippen LogP contribution in [0, 0.1) is 0 Å². The summed E-state index contributed by atoms with van der Waals surface area (Å²) >= 11 is 1.90. The van der Waals surface area contributed by atoms with Crippen molar-refractivity contribution in [2.24, 2.45) is 0 Å². The summed E-state index contributed by atoms with van der Waals surface area (Å²) in [7, 11) is 0. The van der Waals surface area contributed by atoms with Gasteiger partial charge < -0.3 is 0 Å². The van der Waals surface area contributed by atoms with Gasteiger partial charge in [0.15, 0.2) is 0 Å². The quantitative estimate of drug-likeness (QED) is 0.201. The Morgan fingerprint density at radius 1 is 0.366 bits per heavy atom. The van der Waals surface area contributed by atoms with Gasteiger partial charge in [0.05, 0.1) is 0 Å². The minimum Gasteiger partial charge on any atom is -0.135 e. The fraction of sp³-hybridized carbons (Fsp3) is 0.200. The molecule has 0 saturated carbocycles. The minimum atomic E-state index is 0.156. The van der Waals surface area contributed by atoms with Gasteiger partial charge in [-0.1, -0.05) is 126 Å². The Hall–Kier alpha value is -3.94. The molecule has 0 spiro atoms. The number of fused-ring (bicyclic) bond motifs is 5. The SMILES string of the molecule is CC(C)(C)c1ccc2cc(-c3ccc4c(c3)sc3cc(-c5ccc6cc(C(C)(C)C)ccc6c5)ccc34)ccc2c1. The molecule has 202 valence electrons. The van der Waals surface area contributed by atoms with Crippen LogP contribution in [0.4, 0.5) is 0 Å². The Bertz CT molecular complexity index is 1960. The average molecular weight is 549 g/mol. The fourth-order valence-corrected chi connectivity index (χ4v) is 7.10. The Kier molecular flexibility index (Phi) is 5.89. The van der Waals surface area contributed by atoms with Crippen LogP contribution in [-0.4, -0.2) is 0 Å². The molecule has 41 heavy (non-hydrogen) atoms. The summed E-state index contributed by atoms with van der Waals surface area (Å²) in [4.78, 5) is 0. The largest absolute Gasteiger partial charge is 0.135 e. The van der Waals surface area contributed by atoms with Crippen LogP contribution < -0.4 is 0 Å². The average Bonchev–Trinajstić information content (AvgIpc) is 3.32. The van der Waals surface area contributed by atoms with Gasteiger partial charge in [0.1, 0.15) is 0 Å². The van der Waals surface area contributed by atoms with Crippen molar-refractivity contribution < 1.29 is 0 Å². The summed E-state index contributed by atoms with van der Waals surface area (Å²) in [5.41, 5.74) is 8.15. The highest BCUT2D eigenvalue weighted by molar-refractivity contribution is 7.25. The van der Waals surface area contributed by atoms with Crippen LogP contribution in [0.5, 0.6) is 0 Å². The summed E-state index contributed by atoms with van der Waals surface area (Å²) in [6.07, 6.45) is 0. The van der Waals surface area contributed by atoms with Crippen LogP contribution in [-0.2, 0) is 10.8 Å². The predicted molar refractivity (Wildman–Crippen MR) is 183 cm³/mol. The van der Waals surface area contributed by atoms with Gasteiger partial charge >= 0.3 is 0 Å². The van der Waals surface area contributed by atoms with Crippen molar-refractivity contribution in [3.05, 3.63) is 120 Å². The molecule has 0 aliphatic heterocycles. The molecule has 0 bridgehead atoms. The first-order valence-electron chi connectivity index (χ1n) is 14.6. The second-order valence-electron chi connectivity index (χ2n) is 13.6. The fourth-order valence-electron chi connectivity index (χ4n) is 5.92. The highest BCUT2D eigenvalue weighted by Gasteiger charge is 2.15.